The third kappa shape index (κ3) is 2.19. The van der Waals surface area contributed by atoms with E-state index in [1.165, 1.54) is 24.9 Å². The van der Waals surface area contributed by atoms with E-state index in [-0.39, 0.29) is 0 Å². The summed E-state index contributed by atoms with van der Waals surface area (Å²) in [6.07, 6.45) is 8.76. The van der Waals surface area contributed by atoms with Crippen molar-refractivity contribution in [3.8, 4) is 0 Å². The van der Waals surface area contributed by atoms with Crippen LogP contribution < -0.4 is 0 Å². The van der Waals surface area contributed by atoms with E-state index in [4.69, 9.17) is 0 Å². The minimum atomic E-state index is -1.41. The summed E-state index contributed by atoms with van der Waals surface area (Å²) in [5.41, 5.74) is 6.26. The van der Waals surface area contributed by atoms with Crippen molar-refractivity contribution >= 4 is 7.37 Å². The van der Waals surface area contributed by atoms with Crippen LogP contribution in [0.5, 0.6) is 0 Å². The molecule has 1 unspecified atom stereocenters. The third-order valence-electron chi connectivity index (χ3n) is 4.74. The van der Waals surface area contributed by atoms with E-state index in [1.54, 1.807) is 11.1 Å². The first-order chi connectivity index (χ1) is 7.86. The van der Waals surface area contributed by atoms with Crippen molar-refractivity contribution in [2.24, 2.45) is 0 Å². The fourth-order valence-corrected chi connectivity index (χ4v) is 14.8. The Morgan fingerprint density at radius 1 is 1.24 bits per heavy atom. The van der Waals surface area contributed by atoms with Crippen LogP contribution in [0.3, 0.4) is 0 Å². The minimum absolute atomic E-state index is 0.479. The average Bonchev–Trinajstić information content (AvgIpc) is 2.78. The Hall–Kier alpha value is 0.0600. The maximum atomic E-state index is 2.59. The van der Waals surface area contributed by atoms with Crippen molar-refractivity contribution in [2.45, 2.75) is 44.2 Å². The van der Waals surface area contributed by atoms with E-state index >= 15 is 0 Å². The number of hydrogen-bond acceptors (Lipinski definition) is 0. The van der Waals surface area contributed by atoms with Crippen molar-refractivity contribution < 1.29 is 20.9 Å². The van der Waals surface area contributed by atoms with Gasteiger partial charge in [0.1, 0.15) is 0 Å². The van der Waals surface area contributed by atoms with Crippen LogP contribution in [0.4, 0.5) is 0 Å². The summed E-state index contributed by atoms with van der Waals surface area (Å²) in [6, 6.07) is 0. The molecule has 0 aromatic carbocycles. The molecule has 0 fully saturated rings. The fraction of sp³-hybridized carbons (Fsp3) is 0.467. The van der Waals surface area contributed by atoms with Gasteiger partial charge in [-0.25, -0.2) is 0 Å². The quantitative estimate of drug-likeness (QED) is 0.682. The van der Waals surface area contributed by atoms with Crippen LogP contribution in [0.15, 0.2) is 43.8 Å². The SMILES string of the molecule is CC1=CC[C]([Zr]([SiH3])[C]2(C)C=C(C)C(C)=C2C)=C1. The summed E-state index contributed by atoms with van der Waals surface area (Å²) in [6.45, 7) is 11.7. The predicted molar refractivity (Wildman–Crippen MR) is 76.9 cm³/mol. The van der Waals surface area contributed by atoms with Gasteiger partial charge in [-0.2, -0.15) is 0 Å². The van der Waals surface area contributed by atoms with Crippen LogP contribution >= 0.6 is 0 Å². The van der Waals surface area contributed by atoms with Gasteiger partial charge in [0.25, 0.3) is 0 Å². The van der Waals surface area contributed by atoms with Crippen LogP contribution in [-0.2, 0) is 20.9 Å². The third-order valence-corrected chi connectivity index (χ3v) is 23.0. The molecule has 91 valence electrons. The van der Waals surface area contributed by atoms with E-state index < -0.39 is 20.9 Å². The van der Waals surface area contributed by atoms with Crippen LogP contribution in [0, 0.1) is 0 Å². The molecule has 0 saturated heterocycles. The molecule has 0 radical (unpaired) electrons. The Kier molecular flexibility index (Phi) is 3.67. The maximum absolute atomic E-state index is 2.59. The monoisotopic (exact) mass is 321 g/mol. The average molecular weight is 323 g/mol. The molecule has 1 atom stereocenters. The summed E-state index contributed by atoms with van der Waals surface area (Å²) < 4.78 is 2.32. The van der Waals surface area contributed by atoms with E-state index in [1.807, 2.05) is 3.28 Å². The normalized spacial score (nSPS) is 28.4. The Bertz CT molecular complexity index is 479. The molecule has 0 spiro atoms. The molecule has 0 bridgehead atoms. The molecule has 0 aliphatic heterocycles. The molecule has 2 aliphatic carbocycles. The van der Waals surface area contributed by atoms with Crippen molar-refractivity contribution in [3.05, 3.63) is 43.8 Å². The van der Waals surface area contributed by atoms with Gasteiger partial charge < -0.3 is 0 Å². The van der Waals surface area contributed by atoms with E-state index in [0.717, 1.165) is 0 Å². The first kappa shape index (κ1) is 13.5. The van der Waals surface area contributed by atoms with Crippen LogP contribution in [0.25, 0.3) is 0 Å². The number of hydrogen-bond donors (Lipinski definition) is 0. The molecule has 2 rings (SSSR count). The molecule has 0 heterocycles. The first-order valence-corrected chi connectivity index (χ1v) is 17.3. The van der Waals surface area contributed by atoms with Gasteiger partial charge in [0.2, 0.25) is 0 Å². The molecular weight excluding hydrogens is 299 g/mol. The molecule has 0 saturated carbocycles. The zero-order valence-corrected chi connectivity index (χ0v) is 16.4. The van der Waals surface area contributed by atoms with Gasteiger partial charge in [-0.1, -0.05) is 0 Å². The summed E-state index contributed by atoms with van der Waals surface area (Å²) in [7, 11) is 1.43. The molecule has 0 aromatic heterocycles. The second kappa shape index (κ2) is 4.63. The Balaban J connectivity index is 2.33. The molecule has 0 N–H and O–H groups in total. The number of rotatable bonds is 2. The Morgan fingerprint density at radius 3 is 2.29 bits per heavy atom. The number of allylic oxidation sites excluding steroid dienone is 8. The summed E-state index contributed by atoms with van der Waals surface area (Å²) >= 11 is -1.41. The van der Waals surface area contributed by atoms with E-state index in [2.05, 4.69) is 52.8 Å². The van der Waals surface area contributed by atoms with Gasteiger partial charge in [0, 0.05) is 0 Å². The van der Waals surface area contributed by atoms with Crippen LogP contribution in [0.2, 0.25) is 3.12 Å². The van der Waals surface area contributed by atoms with Gasteiger partial charge in [-0.05, 0) is 0 Å². The van der Waals surface area contributed by atoms with Crippen molar-refractivity contribution in [1.29, 1.82) is 0 Å². The van der Waals surface area contributed by atoms with Gasteiger partial charge in [-0.15, -0.1) is 0 Å². The van der Waals surface area contributed by atoms with Crippen LogP contribution in [-0.4, -0.2) is 7.37 Å². The first-order valence-electron chi connectivity index (χ1n) is 6.46. The summed E-state index contributed by atoms with van der Waals surface area (Å²) in [5.74, 6) is 0. The molecule has 0 nitrogen and oxygen atoms in total. The molecule has 0 aromatic rings. The second-order valence-corrected chi connectivity index (χ2v) is 18.8. The van der Waals surface area contributed by atoms with Crippen LogP contribution in [0.1, 0.15) is 41.0 Å². The zero-order chi connectivity index (χ0) is 12.8. The fourth-order valence-electron chi connectivity index (χ4n) is 2.98. The summed E-state index contributed by atoms with van der Waals surface area (Å²) in [4.78, 5) is 0. The summed E-state index contributed by atoms with van der Waals surface area (Å²) in [5, 5.41) is 0. The van der Waals surface area contributed by atoms with Crippen molar-refractivity contribution in [1.82, 2.24) is 0 Å². The molecule has 0 amide bonds. The molecule has 2 aliphatic rings. The Morgan fingerprint density at radius 2 is 1.88 bits per heavy atom. The van der Waals surface area contributed by atoms with Crippen molar-refractivity contribution in [3.63, 3.8) is 0 Å². The molecule has 2 heteroatoms. The Labute approximate surface area is 116 Å². The molecule has 17 heavy (non-hydrogen) atoms. The van der Waals surface area contributed by atoms with Gasteiger partial charge >= 0.3 is 116 Å². The topological polar surface area (TPSA) is 0 Å². The van der Waals surface area contributed by atoms with E-state index in [0.29, 0.717) is 3.12 Å². The zero-order valence-electron chi connectivity index (χ0n) is 11.9. The molecular formula is C15H23SiZr. The predicted octanol–water partition coefficient (Wildman–Crippen LogP) is 3.59. The standard InChI is InChI=1S/C9H13.C6H7.H3Si.Zr/c1-6-5-7(2)9(4)8(6)3;1-6-4-2-3-5-6;;/h5H,1-4H3;4-5H,2H2,1H3;1H3;. The van der Waals surface area contributed by atoms with E-state index in [9.17, 15) is 0 Å². The van der Waals surface area contributed by atoms with Gasteiger partial charge in [-0.3, -0.25) is 0 Å². The van der Waals surface area contributed by atoms with Crippen molar-refractivity contribution in [2.75, 3.05) is 0 Å². The second-order valence-electron chi connectivity index (χ2n) is 5.73. The van der Waals surface area contributed by atoms with Gasteiger partial charge in [0.15, 0.2) is 0 Å². The van der Waals surface area contributed by atoms with Gasteiger partial charge in [0.05, 0.1) is 0 Å².